The fourth-order valence-corrected chi connectivity index (χ4v) is 2.58. The number of aryl methyl sites for hydroxylation is 1. The van der Waals surface area contributed by atoms with Crippen molar-refractivity contribution in [3.8, 4) is 0 Å². The molecule has 0 bridgehead atoms. The molecule has 0 fully saturated rings. The zero-order chi connectivity index (χ0) is 15.8. The van der Waals surface area contributed by atoms with Gasteiger partial charge >= 0.3 is 0 Å². The van der Waals surface area contributed by atoms with Crippen molar-refractivity contribution in [3.63, 3.8) is 0 Å². The first-order valence-electron chi connectivity index (χ1n) is 7.85. The molecule has 1 rings (SSSR count). The maximum Gasteiger partial charge on any atom is 0.127 e. The standard InChI is InChI=1S/C20H27F/c1-6-9-16-11-12-18(14-20(16)21)19(8-3)17(10-7-2)13-15(4)5/h8,11-14H,4,6-7,9-10H2,1-3,5H3/b17-13-,19-8+. The summed E-state index contributed by atoms with van der Waals surface area (Å²) in [6.45, 7) is 12.2. The Labute approximate surface area is 129 Å². The molecule has 0 aliphatic carbocycles. The predicted molar refractivity (Wildman–Crippen MR) is 91.9 cm³/mol. The highest BCUT2D eigenvalue weighted by Gasteiger charge is 2.10. The molecule has 0 saturated carbocycles. The average molecular weight is 286 g/mol. The van der Waals surface area contributed by atoms with E-state index in [-0.39, 0.29) is 5.82 Å². The van der Waals surface area contributed by atoms with Crippen molar-refractivity contribution in [1.82, 2.24) is 0 Å². The van der Waals surface area contributed by atoms with E-state index in [4.69, 9.17) is 0 Å². The summed E-state index contributed by atoms with van der Waals surface area (Å²) in [5, 5.41) is 0. The van der Waals surface area contributed by atoms with E-state index in [0.29, 0.717) is 0 Å². The lowest BCUT2D eigenvalue weighted by molar-refractivity contribution is 0.607. The van der Waals surface area contributed by atoms with Gasteiger partial charge < -0.3 is 0 Å². The summed E-state index contributed by atoms with van der Waals surface area (Å²) in [6.07, 6.45) is 7.97. The highest BCUT2D eigenvalue weighted by atomic mass is 19.1. The van der Waals surface area contributed by atoms with E-state index < -0.39 is 0 Å². The third-order valence-corrected chi connectivity index (χ3v) is 3.46. The van der Waals surface area contributed by atoms with Crippen LogP contribution in [0.5, 0.6) is 0 Å². The van der Waals surface area contributed by atoms with Gasteiger partial charge in [-0.3, -0.25) is 0 Å². The van der Waals surface area contributed by atoms with Gasteiger partial charge in [0, 0.05) is 0 Å². The highest BCUT2D eigenvalue weighted by Crippen LogP contribution is 2.29. The van der Waals surface area contributed by atoms with Gasteiger partial charge in [0.05, 0.1) is 0 Å². The van der Waals surface area contributed by atoms with Crippen LogP contribution in [-0.2, 0) is 6.42 Å². The third-order valence-electron chi connectivity index (χ3n) is 3.46. The van der Waals surface area contributed by atoms with Crippen molar-refractivity contribution in [3.05, 3.63) is 65.0 Å². The van der Waals surface area contributed by atoms with Gasteiger partial charge in [0.15, 0.2) is 0 Å². The molecule has 0 aliphatic rings. The second-order valence-electron chi connectivity index (χ2n) is 5.52. The molecule has 0 spiro atoms. The lowest BCUT2D eigenvalue weighted by atomic mass is 9.92. The molecule has 0 aromatic heterocycles. The number of hydrogen-bond acceptors (Lipinski definition) is 0. The van der Waals surface area contributed by atoms with Crippen LogP contribution in [-0.4, -0.2) is 0 Å². The van der Waals surface area contributed by atoms with Crippen LogP contribution in [0.3, 0.4) is 0 Å². The normalized spacial score (nSPS) is 12.6. The van der Waals surface area contributed by atoms with Gasteiger partial charge in [0.1, 0.15) is 5.82 Å². The smallest absolute Gasteiger partial charge is 0.127 e. The minimum absolute atomic E-state index is 0.0973. The molecular formula is C20H27F. The van der Waals surface area contributed by atoms with Crippen LogP contribution in [0.2, 0.25) is 0 Å². The number of benzene rings is 1. The summed E-state index contributed by atoms with van der Waals surface area (Å²) < 4.78 is 14.2. The summed E-state index contributed by atoms with van der Waals surface area (Å²) in [4.78, 5) is 0. The zero-order valence-electron chi connectivity index (χ0n) is 13.8. The Morgan fingerprint density at radius 3 is 2.43 bits per heavy atom. The van der Waals surface area contributed by atoms with Crippen LogP contribution in [0.25, 0.3) is 5.57 Å². The Morgan fingerprint density at radius 2 is 1.95 bits per heavy atom. The average Bonchev–Trinajstić information content (AvgIpc) is 2.42. The van der Waals surface area contributed by atoms with Crippen LogP contribution >= 0.6 is 0 Å². The van der Waals surface area contributed by atoms with Gasteiger partial charge in [-0.25, -0.2) is 4.39 Å². The van der Waals surface area contributed by atoms with Gasteiger partial charge in [0.25, 0.3) is 0 Å². The molecule has 1 heteroatoms. The van der Waals surface area contributed by atoms with Crippen LogP contribution < -0.4 is 0 Å². The number of halogens is 1. The molecule has 1 aromatic rings. The van der Waals surface area contributed by atoms with E-state index in [1.165, 1.54) is 5.57 Å². The van der Waals surface area contributed by atoms with Gasteiger partial charge in [-0.15, -0.1) is 0 Å². The second kappa shape index (κ2) is 8.61. The molecule has 0 nitrogen and oxygen atoms in total. The minimum atomic E-state index is -0.0973. The second-order valence-corrected chi connectivity index (χ2v) is 5.52. The molecule has 114 valence electrons. The molecule has 0 saturated heterocycles. The molecular weight excluding hydrogens is 259 g/mol. The summed E-state index contributed by atoms with van der Waals surface area (Å²) in [5.74, 6) is -0.0973. The molecule has 0 N–H and O–H groups in total. The number of allylic oxidation sites excluding steroid dienone is 5. The van der Waals surface area contributed by atoms with Gasteiger partial charge in [-0.05, 0) is 55.0 Å². The minimum Gasteiger partial charge on any atom is -0.207 e. The summed E-state index contributed by atoms with van der Waals surface area (Å²) in [5.41, 5.74) is 5.13. The van der Waals surface area contributed by atoms with Gasteiger partial charge in [-0.2, -0.15) is 0 Å². The van der Waals surface area contributed by atoms with Crippen molar-refractivity contribution in [2.45, 2.75) is 53.4 Å². The number of rotatable bonds is 7. The van der Waals surface area contributed by atoms with Crippen LogP contribution in [0.1, 0.15) is 58.1 Å². The lowest BCUT2D eigenvalue weighted by Crippen LogP contribution is -1.95. The van der Waals surface area contributed by atoms with E-state index in [0.717, 1.165) is 48.0 Å². The molecule has 1 aromatic carbocycles. The Bertz CT molecular complexity index is 547. The fraction of sp³-hybridized carbons (Fsp3) is 0.400. The highest BCUT2D eigenvalue weighted by molar-refractivity contribution is 5.79. The van der Waals surface area contributed by atoms with Crippen LogP contribution in [0, 0.1) is 5.82 Å². The van der Waals surface area contributed by atoms with Crippen molar-refractivity contribution in [1.29, 1.82) is 0 Å². The molecule has 0 aliphatic heterocycles. The summed E-state index contributed by atoms with van der Waals surface area (Å²) in [6, 6.07) is 5.62. The predicted octanol–water partition coefficient (Wildman–Crippen LogP) is 6.48. The van der Waals surface area contributed by atoms with Gasteiger partial charge in [0.2, 0.25) is 0 Å². The molecule has 0 amide bonds. The Balaban J connectivity index is 3.20. The Morgan fingerprint density at radius 1 is 1.24 bits per heavy atom. The molecule has 0 unspecified atom stereocenters. The molecule has 0 radical (unpaired) electrons. The van der Waals surface area contributed by atoms with E-state index in [1.54, 1.807) is 6.07 Å². The number of hydrogen-bond donors (Lipinski definition) is 0. The Hall–Kier alpha value is -1.63. The van der Waals surface area contributed by atoms with Gasteiger partial charge in [-0.1, -0.05) is 63.1 Å². The van der Waals surface area contributed by atoms with E-state index in [2.05, 4.69) is 32.6 Å². The fourth-order valence-electron chi connectivity index (χ4n) is 2.58. The maximum absolute atomic E-state index is 14.2. The lowest BCUT2D eigenvalue weighted by Gasteiger charge is -2.13. The topological polar surface area (TPSA) is 0 Å². The quantitative estimate of drug-likeness (QED) is 0.503. The summed E-state index contributed by atoms with van der Waals surface area (Å²) in [7, 11) is 0. The van der Waals surface area contributed by atoms with Crippen molar-refractivity contribution >= 4 is 5.57 Å². The first kappa shape index (κ1) is 17.4. The monoisotopic (exact) mass is 286 g/mol. The SMILES string of the molecule is C=C(C)/C=C(CCC)\C(=C/C)c1ccc(CCC)c(F)c1. The zero-order valence-corrected chi connectivity index (χ0v) is 13.8. The van der Waals surface area contributed by atoms with E-state index >= 15 is 0 Å². The summed E-state index contributed by atoms with van der Waals surface area (Å²) >= 11 is 0. The van der Waals surface area contributed by atoms with E-state index in [9.17, 15) is 4.39 Å². The largest absolute Gasteiger partial charge is 0.207 e. The Kier molecular flexibility index (Phi) is 7.14. The van der Waals surface area contributed by atoms with Crippen LogP contribution in [0.4, 0.5) is 4.39 Å². The van der Waals surface area contributed by atoms with Crippen LogP contribution in [0.15, 0.2) is 48.1 Å². The first-order chi connectivity index (χ1) is 10.0. The van der Waals surface area contributed by atoms with Crippen molar-refractivity contribution < 1.29 is 4.39 Å². The van der Waals surface area contributed by atoms with Crippen molar-refractivity contribution in [2.75, 3.05) is 0 Å². The van der Waals surface area contributed by atoms with Crippen molar-refractivity contribution in [2.24, 2.45) is 0 Å². The maximum atomic E-state index is 14.2. The molecule has 0 heterocycles. The van der Waals surface area contributed by atoms with E-state index in [1.807, 2.05) is 26.0 Å². The molecule has 0 atom stereocenters. The third kappa shape index (κ3) is 5.00. The first-order valence-corrected chi connectivity index (χ1v) is 7.85. The molecule has 21 heavy (non-hydrogen) atoms.